The highest BCUT2D eigenvalue weighted by molar-refractivity contribution is 9.10. The van der Waals surface area contributed by atoms with Crippen molar-refractivity contribution < 1.29 is 18.7 Å². The Kier molecular flexibility index (Phi) is 6.09. The summed E-state index contributed by atoms with van der Waals surface area (Å²) in [7, 11) is 1.58. The summed E-state index contributed by atoms with van der Waals surface area (Å²) in [4.78, 5) is 32.5. The lowest BCUT2D eigenvalue weighted by atomic mass is 9.88. The van der Waals surface area contributed by atoms with Crippen LogP contribution in [0, 0.1) is 5.82 Å². The molecule has 1 N–H and O–H groups in total. The van der Waals surface area contributed by atoms with Gasteiger partial charge in [0.15, 0.2) is 0 Å². The van der Waals surface area contributed by atoms with Crippen LogP contribution >= 0.6 is 15.9 Å². The van der Waals surface area contributed by atoms with Gasteiger partial charge >= 0.3 is 0 Å². The number of amides is 2. The van der Waals surface area contributed by atoms with Crippen LogP contribution in [0.4, 0.5) is 10.1 Å². The maximum atomic E-state index is 14.1. The minimum atomic E-state index is -0.722. The molecule has 31 heavy (non-hydrogen) atoms. The summed E-state index contributed by atoms with van der Waals surface area (Å²) in [6.45, 7) is -0.183. The van der Waals surface area contributed by atoms with Crippen LogP contribution in [-0.2, 0) is 9.59 Å². The Morgan fingerprint density at radius 1 is 1.19 bits per heavy atom. The van der Waals surface area contributed by atoms with Crippen LogP contribution in [0.3, 0.4) is 0 Å². The number of benzene rings is 2. The SMILES string of the molecule is COc1ccc(C2=NC3(CCCCC3)N(CC(=O)Nc3ccc(Br)cc3F)C2=O)cc1. The van der Waals surface area contributed by atoms with Gasteiger partial charge in [-0.1, -0.05) is 22.4 Å². The first-order valence-electron chi connectivity index (χ1n) is 10.2. The Morgan fingerprint density at radius 2 is 1.90 bits per heavy atom. The van der Waals surface area contributed by atoms with Gasteiger partial charge in [-0.3, -0.25) is 14.6 Å². The van der Waals surface area contributed by atoms with Crippen molar-refractivity contribution in [1.29, 1.82) is 0 Å². The van der Waals surface area contributed by atoms with Crippen LogP contribution in [0.15, 0.2) is 51.9 Å². The molecule has 0 unspecified atom stereocenters. The van der Waals surface area contributed by atoms with E-state index in [4.69, 9.17) is 9.73 Å². The summed E-state index contributed by atoms with van der Waals surface area (Å²) in [5.74, 6) is -0.586. The Morgan fingerprint density at radius 3 is 2.55 bits per heavy atom. The average Bonchev–Trinajstić information content (AvgIpc) is 3.02. The van der Waals surface area contributed by atoms with E-state index in [9.17, 15) is 14.0 Å². The van der Waals surface area contributed by atoms with Gasteiger partial charge < -0.3 is 15.0 Å². The van der Waals surface area contributed by atoms with Crippen LogP contribution in [0.1, 0.15) is 37.7 Å². The van der Waals surface area contributed by atoms with E-state index in [2.05, 4.69) is 21.2 Å². The third kappa shape index (κ3) is 4.35. The number of carbonyl (C=O) groups excluding carboxylic acids is 2. The van der Waals surface area contributed by atoms with Crippen molar-refractivity contribution in [2.24, 2.45) is 4.99 Å². The fraction of sp³-hybridized carbons (Fsp3) is 0.348. The highest BCUT2D eigenvalue weighted by Gasteiger charge is 2.48. The molecule has 0 aromatic heterocycles. The van der Waals surface area contributed by atoms with Crippen LogP contribution in [0.2, 0.25) is 0 Å². The number of carbonyl (C=O) groups is 2. The van der Waals surface area contributed by atoms with Crippen LogP contribution < -0.4 is 10.1 Å². The lowest BCUT2D eigenvalue weighted by Crippen LogP contribution is -2.51. The zero-order valence-corrected chi connectivity index (χ0v) is 18.7. The van der Waals surface area contributed by atoms with Crippen LogP contribution in [0.25, 0.3) is 0 Å². The summed E-state index contributed by atoms with van der Waals surface area (Å²) in [5, 5.41) is 2.58. The fourth-order valence-electron chi connectivity index (χ4n) is 4.21. The third-order valence-electron chi connectivity index (χ3n) is 5.79. The zero-order valence-electron chi connectivity index (χ0n) is 17.2. The smallest absolute Gasteiger partial charge is 0.275 e. The normalized spacial score (nSPS) is 17.6. The molecule has 0 radical (unpaired) electrons. The number of hydrogen-bond acceptors (Lipinski definition) is 4. The molecule has 1 saturated carbocycles. The number of methoxy groups -OCH3 is 1. The summed E-state index contributed by atoms with van der Waals surface area (Å²) in [5.41, 5.74) is 0.402. The number of ether oxygens (including phenoxy) is 1. The summed E-state index contributed by atoms with van der Waals surface area (Å²) in [6.07, 6.45) is 4.36. The van der Waals surface area contributed by atoms with Gasteiger partial charge in [-0.25, -0.2) is 4.39 Å². The van der Waals surface area contributed by atoms with E-state index in [0.29, 0.717) is 34.3 Å². The second-order valence-electron chi connectivity index (χ2n) is 7.80. The van der Waals surface area contributed by atoms with Crippen molar-refractivity contribution in [3.63, 3.8) is 0 Å². The number of aliphatic imine (C=N–C) groups is 1. The molecular formula is C23H23BrFN3O3. The molecule has 2 aliphatic rings. The first-order valence-corrected chi connectivity index (χ1v) is 11.0. The van der Waals surface area contributed by atoms with E-state index in [-0.39, 0.29) is 18.1 Å². The molecule has 1 aliphatic carbocycles. The second kappa shape index (κ2) is 8.78. The minimum absolute atomic E-state index is 0.0776. The topological polar surface area (TPSA) is 71.0 Å². The second-order valence-corrected chi connectivity index (χ2v) is 8.71. The molecule has 8 heteroatoms. The highest BCUT2D eigenvalue weighted by atomic mass is 79.9. The van der Waals surface area contributed by atoms with Crippen LogP contribution in [-0.4, -0.2) is 41.7 Å². The lowest BCUT2D eigenvalue weighted by Gasteiger charge is -2.38. The predicted octanol–water partition coefficient (Wildman–Crippen LogP) is 4.53. The Hall–Kier alpha value is -2.74. The van der Waals surface area contributed by atoms with E-state index < -0.39 is 17.4 Å². The Labute approximate surface area is 188 Å². The van der Waals surface area contributed by atoms with Crippen molar-refractivity contribution in [3.8, 4) is 5.75 Å². The van der Waals surface area contributed by atoms with Gasteiger partial charge in [-0.05, 0) is 68.1 Å². The van der Waals surface area contributed by atoms with Crippen molar-refractivity contribution in [1.82, 2.24) is 4.90 Å². The highest BCUT2D eigenvalue weighted by Crippen LogP contribution is 2.39. The molecule has 0 bridgehead atoms. The Bertz CT molecular complexity index is 1030. The number of rotatable bonds is 5. The molecular weight excluding hydrogens is 465 g/mol. The van der Waals surface area contributed by atoms with Gasteiger partial charge in [-0.2, -0.15) is 0 Å². The molecule has 2 aromatic carbocycles. The quantitative estimate of drug-likeness (QED) is 0.673. The monoisotopic (exact) mass is 487 g/mol. The number of nitrogens with one attached hydrogen (secondary N) is 1. The lowest BCUT2D eigenvalue weighted by molar-refractivity contribution is -0.134. The van der Waals surface area contributed by atoms with Crippen molar-refractivity contribution >= 4 is 39.1 Å². The van der Waals surface area contributed by atoms with E-state index in [1.54, 1.807) is 42.3 Å². The van der Waals surface area contributed by atoms with Gasteiger partial charge in [-0.15, -0.1) is 0 Å². The molecule has 1 fully saturated rings. The molecule has 4 rings (SSSR count). The molecule has 2 aromatic rings. The van der Waals surface area contributed by atoms with Crippen molar-refractivity contribution in [3.05, 3.63) is 58.3 Å². The third-order valence-corrected chi connectivity index (χ3v) is 6.29. The standard InChI is InChI=1S/C23H23BrFN3O3/c1-31-17-8-5-15(6-9-17)21-22(30)28(23(27-21)11-3-2-4-12-23)14-20(29)26-19-10-7-16(24)13-18(19)25/h5-10,13H,2-4,11-12,14H2,1H3,(H,26,29). The van der Waals surface area contributed by atoms with E-state index >= 15 is 0 Å². The van der Waals surface area contributed by atoms with Gasteiger partial charge in [0.1, 0.15) is 29.5 Å². The molecule has 0 saturated heterocycles. The summed E-state index contributed by atoms with van der Waals surface area (Å²) < 4.78 is 19.9. The van der Waals surface area contributed by atoms with Crippen molar-refractivity contribution in [2.45, 2.75) is 37.8 Å². The molecule has 1 aliphatic heterocycles. The number of anilines is 1. The largest absolute Gasteiger partial charge is 0.497 e. The van der Waals surface area contributed by atoms with E-state index in [1.807, 2.05) is 0 Å². The van der Waals surface area contributed by atoms with Crippen LogP contribution in [0.5, 0.6) is 5.75 Å². The maximum absolute atomic E-state index is 14.1. The van der Waals surface area contributed by atoms with E-state index in [0.717, 1.165) is 19.3 Å². The molecule has 6 nitrogen and oxygen atoms in total. The van der Waals surface area contributed by atoms with Gasteiger partial charge in [0.05, 0.1) is 12.8 Å². The summed E-state index contributed by atoms with van der Waals surface area (Å²) in [6, 6.07) is 11.6. The molecule has 1 heterocycles. The number of nitrogens with zero attached hydrogens (tertiary/aromatic N) is 2. The molecule has 1 spiro atoms. The predicted molar refractivity (Wildman–Crippen MR) is 120 cm³/mol. The first kappa shape index (κ1) is 21.5. The Balaban J connectivity index is 1.58. The minimum Gasteiger partial charge on any atom is -0.497 e. The first-order chi connectivity index (χ1) is 14.9. The van der Waals surface area contributed by atoms with Gasteiger partial charge in [0, 0.05) is 10.0 Å². The zero-order chi connectivity index (χ0) is 22.0. The van der Waals surface area contributed by atoms with Crippen molar-refractivity contribution in [2.75, 3.05) is 19.0 Å². The average molecular weight is 488 g/mol. The molecule has 0 atom stereocenters. The maximum Gasteiger partial charge on any atom is 0.275 e. The molecule has 162 valence electrons. The number of halogens is 2. The molecule has 2 amide bonds. The summed E-state index contributed by atoms with van der Waals surface area (Å²) >= 11 is 3.20. The van der Waals surface area contributed by atoms with Gasteiger partial charge in [0.2, 0.25) is 5.91 Å². The van der Waals surface area contributed by atoms with Gasteiger partial charge in [0.25, 0.3) is 5.91 Å². The van der Waals surface area contributed by atoms with E-state index in [1.165, 1.54) is 12.1 Å². The number of hydrogen-bond donors (Lipinski definition) is 1. The fourth-order valence-corrected chi connectivity index (χ4v) is 4.55.